The van der Waals surface area contributed by atoms with Gasteiger partial charge in [-0.15, -0.1) is 11.3 Å². The summed E-state index contributed by atoms with van der Waals surface area (Å²) in [6.45, 7) is 4.97. The van der Waals surface area contributed by atoms with Gasteiger partial charge in [-0.25, -0.2) is 9.78 Å². The van der Waals surface area contributed by atoms with Gasteiger partial charge in [-0.05, 0) is 25.1 Å². The van der Waals surface area contributed by atoms with Crippen LogP contribution in [0, 0.1) is 11.3 Å². The summed E-state index contributed by atoms with van der Waals surface area (Å²) in [5, 5.41) is 12.1. The van der Waals surface area contributed by atoms with Crippen molar-refractivity contribution in [1.82, 2.24) is 14.9 Å². The van der Waals surface area contributed by atoms with Gasteiger partial charge >= 0.3 is 6.09 Å². The lowest BCUT2D eigenvalue weighted by molar-refractivity contribution is 0.105. The van der Waals surface area contributed by atoms with Crippen molar-refractivity contribution in [2.24, 2.45) is 0 Å². The Bertz CT molecular complexity index is 1010. The van der Waals surface area contributed by atoms with Gasteiger partial charge in [-0.3, -0.25) is 0 Å². The molecule has 1 saturated heterocycles. The van der Waals surface area contributed by atoms with E-state index in [1.54, 1.807) is 11.1 Å². The first-order chi connectivity index (χ1) is 13.2. The molecule has 0 radical (unpaired) electrons. The monoisotopic (exact) mass is 381 g/mol. The van der Waals surface area contributed by atoms with E-state index in [0.717, 1.165) is 41.1 Å². The van der Waals surface area contributed by atoms with Gasteiger partial charge in [-0.2, -0.15) is 5.26 Å². The summed E-state index contributed by atoms with van der Waals surface area (Å²) in [6.07, 6.45) is 1.55. The molecule has 3 aromatic heterocycles. The summed E-state index contributed by atoms with van der Waals surface area (Å²) >= 11 is 1.43. The summed E-state index contributed by atoms with van der Waals surface area (Å²) < 4.78 is 5.09. The average Bonchev–Trinajstić information content (AvgIpc) is 3.34. The lowest BCUT2D eigenvalue weighted by atomic mass is 10.2. The second-order valence-electron chi connectivity index (χ2n) is 6.26. The number of carbonyl (C=O) groups is 1. The third kappa shape index (κ3) is 3.34. The van der Waals surface area contributed by atoms with Crippen LogP contribution in [0.4, 0.5) is 10.5 Å². The second-order valence-corrected chi connectivity index (χ2v) is 7.17. The maximum Gasteiger partial charge on any atom is 0.409 e. The number of H-pyrrole nitrogens is 1. The quantitative estimate of drug-likeness (QED) is 0.751. The number of anilines is 1. The van der Waals surface area contributed by atoms with Gasteiger partial charge in [0.05, 0.1) is 6.61 Å². The highest BCUT2D eigenvalue weighted by Crippen LogP contribution is 2.32. The largest absolute Gasteiger partial charge is 0.450 e. The highest BCUT2D eigenvalue weighted by molar-refractivity contribution is 7.10. The van der Waals surface area contributed by atoms with E-state index in [9.17, 15) is 4.79 Å². The first-order valence-corrected chi connectivity index (χ1v) is 9.71. The van der Waals surface area contributed by atoms with Gasteiger partial charge in [0.1, 0.15) is 16.6 Å². The van der Waals surface area contributed by atoms with E-state index in [4.69, 9.17) is 10.00 Å². The number of fused-ring (bicyclic) bond motifs is 1. The normalized spacial score (nSPS) is 14.4. The Morgan fingerprint density at radius 3 is 2.89 bits per heavy atom. The minimum absolute atomic E-state index is 0.244. The van der Waals surface area contributed by atoms with E-state index in [2.05, 4.69) is 27.0 Å². The van der Waals surface area contributed by atoms with Crippen LogP contribution < -0.4 is 4.90 Å². The number of ether oxygens (including phenoxy) is 1. The molecule has 0 saturated carbocycles. The predicted octanol–water partition coefficient (Wildman–Crippen LogP) is 3.44. The minimum atomic E-state index is -0.244. The molecule has 1 aliphatic heterocycles. The molecule has 4 heterocycles. The summed E-state index contributed by atoms with van der Waals surface area (Å²) in [5.74, 6) is 0. The molecule has 0 aliphatic carbocycles. The Kier molecular flexibility index (Phi) is 4.69. The Balaban J connectivity index is 1.58. The predicted molar refractivity (Wildman–Crippen MR) is 105 cm³/mol. The van der Waals surface area contributed by atoms with E-state index < -0.39 is 0 Å². The minimum Gasteiger partial charge on any atom is -0.450 e. The molecule has 0 unspecified atom stereocenters. The van der Waals surface area contributed by atoms with Crippen LogP contribution in [-0.4, -0.2) is 53.7 Å². The molecule has 4 rings (SSSR count). The number of hydrogen-bond acceptors (Lipinski definition) is 6. The topological polar surface area (TPSA) is 85.2 Å². The van der Waals surface area contributed by atoms with Crippen LogP contribution in [0.2, 0.25) is 0 Å². The highest BCUT2D eigenvalue weighted by atomic mass is 32.1. The van der Waals surface area contributed by atoms with Gasteiger partial charge in [0, 0.05) is 60.1 Å². The fourth-order valence-corrected chi connectivity index (χ4v) is 4.02. The van der Waals surface area contributed by atoms with Crippen LogP contribution in [0.5, 0.6) is 0 Å². The van der Waals surface area contributed by atoms with Crippen LogP contribution in [-0.2, 0) is 4.74 Å². The van der Waals surface area contributed by atoms with Crippen LogP contribution in [0.3, 0.4) is 0 Å². The van der Waals surface area contributed by atoms with Crippen molar-refractivity contribution in [1.29, 1.82) is 5.26 Å². The number of nitrogens with one attached hydrogen (secondary N) is 1. The molecule has 1 aliphatic rings. The zero-order valence-electron chi connectivity index (χ0n) is 14.9. The Morgan fingerprint density at radius 2 is 2.19 bits per heavy atom. The summed E-state index contributed by atoms with van der Waals surface area (Å²) in [4.78, 5) is 24.4. The molecule has 0 atom stereocenters. The number of amides is 1. The van der Waals surface area contributed by atoms with Crippen molar-refractivity contribution in [2.75, 3.05) is 37.7 Å². The van der Waals surface area contributed by atoms with E-state index in [1.165, 1.54) is 11.3 Å². The Hall–Kier alpha value is -3.05. The van der Waals surface area contributed by atoms with E-state index in [-0.39, 0.29) is 6.09 Å². The number of thiophene rings is 1. The first kappa shape index (κ1) is 17.4. The van der Waals surface area contributed by atoms with Crippen molar-refractivity contribution in [3.05, 3.63) is 34.7 Å². The van der Waals surface area contributed by atoms with Crippen LogP contribution >= 0.6 is 11.3 Å². The maximum absolute atomic E-state index is 11.9. The molecule has 0 spiro atoms. The van der Waals surface area contributed by atoms with Crippen LogP contribution in [0.1, 0.15) is 11.8 Å². The van der Waals surface area contributed by atoms with E-state index in [0.29, 0.717) is 24.6 Å². The van der Waals surface area contributed by atoms with Crippen molar-refractivity contribution in [3.63, 3.8) is 0 Å². The number of hydrogen-bond donors (Lipinski definition) is 1. The van der Waals surface area contributed by atoms with Gasteiger partial charge in [0.2, 0.25) is 0 Å². The molecular formula is C19H19N5O2S. The van der Waals surface area contributed by atoms with Crippen molar-refractivity contribution in [2.45, 2.75) is 6.92 Å². The molecule has 138 valence electrons. The van der Waals surface area contributed by atoms with Crippen LogP contribution in [0.15, 0.2) is 29.8 Å². The zero-order chi connectivity index (χ0) is 18.8. The molecule has 3 aromatic rings. The SMILES string of the molecule is CCOC(=O)N1CCN(c2ccnc3[nH]c(-c4csc(C#N)c4)cc23)CC1. The average molecular weight is 381 g/mol. The summed E-state index contributed by atoms with van der Waals surface area (Å²) in [6, 6.07) is 8.15. The summed E-state index contributed by atoms with van der Waals surface area (Å²) in [7, 11) is 0. The number of carbonyl (C=O) groups excluding carboxylic acids is 1. The third-order valence-corrected chi connectivity index (χ3v) is 5.51. The number of nitriles is 1. The Morgan fingerprint density at radius 1 is 1.37 bits per heavy atom. The molecule has 1 fully saturated rings. The smallest absolute Gasteiger partial charge is 0.409 e. The second kappa shape index (κ2) is 7.29. The summed E-state index contributed by atoms with van der Waals surface area (Å²) in [5.41, 5.74) is 3.86. The van der Waals surface area contributed by atoms with Crippen molar-refractivity contribution in [3.8, 4) is 17.3 Å². The number of piperazine rings is 1. The first-order valence-electron chi connectivity index (χ1n) is 8.83. The molecule has 8 heteroatoms. The van der Waals surface area contributed by atoms with E-state index >= 15 is 0 Å². The Labute approximate surface area is 160 Å². The third-order valence-electron chi connectivity index (χ3n) is 4.68. The van der Waals surface area contributed by atoms with Crippen molar-refractivity contribution >= 4 is 34.2 Å². The van der Waals surface area contributed by atoms with Crippen molar-refractivity contribution < 1.29 is 9.53 Å². The molecular weight excluding hydrogens is 362 g/mol. The van der Waals surface area contributed by atoms with Gasteiger partial charge in [0.15, 0.2) is 0 Å². The fraction of sp³-hybridized carbons (Fsp3) is 0.316. The lowest BCUT2D eigenvalue weighted by Crippen LogP contribution is -2.49. The molecule has 1 N–H and O–H groups in total. The number of pyridine rings is 1. The van der Waals surface area contributed by atoms with Gasteiger partial charge in [0.25, 0.3) is 0 Å². The van der Waals surface area contributed by atoms with E-state index in [1.807, 2.05) is 24.4 Å². The molecule has 0 bridgehead atoms. The number of rotatable bonds is 3. The number of nitrogens with zero attached hydrogens (tertiary/aromatic N) is 4. The fourth-order valence-electron chi connectivity index (χ4n) is 3.32. The molecule has 1 amide bonds. The molecule has 0 aromatic carbocycles. The zero-order valence-corrected chi connectivity index (χ0v) is 15.8. The van der Waals surface area contributed by atoms with Crippen LogP contribution in [0.25, 0.3) is 22.3 Å². The standard InChI is InChI=1S/C19H19N5O2S/c1-2-26-19(25)24-7-5-23(6-8-24)17-3-4-21-18-15(17)10-16(22-18)13-9-14(11-20)27-12-13/h3-4,9-10,12H,2,5-8H2,1H3,(H,21,22). The molecule has 7 nitrogen and oxygen atoms in total. The van der Waals surface area contributed by atoms with Gasteiger partial charge < -0.3 is 19.5 Å². The number of aromatic nitrogens is 2. The lowest BCUT2D eigenvalue weighted by Gasteiger charge is -2.35. The molecule has 27 heavy (non-hydrogen) atoms. The highest BCUT2D eigenvalue weighted by Gasteiger charge is 2.23. The number of aromatic amines is 1. The maximum atomic E-state index is 11.9. The van der Waals surface area contributed by atoms with Gasteiger partial charge in [-0.1, -0.05) is 0 Å².